The van der Waals surface area contributed by atoms with Crippen molar-refractivity contribution in [3.8, 4) is 5.75 Å². The van der Waals surface area contributed by atoms with Crippen LogP contribution < -0.4 is 9.57 Å². The molecule has 1 aliphatic heterocycles. The highest BCUT2D eigenvalue weighted by molar-refractivity contribution is 7.89. The highest BCUT2D eigenvalue weighted by atomic mass is 35.5. The summed E-state index contributed by atoms with van der Waals surface area (Å²) in [7, 11) is -3.66. The Bertz CT molecular complexity index is 1030. The van der Waals surface area contributed by atoms with Gasteiger partial charge < -0.3 is 4.74 Å². The fraction of sp³-hybridized carbons (Fsp3) is 0.435. The maximum absolute atomic E-state index is 12.9. The highest BCUT2D eigenvalue weighted by Gasteiger charge is 2.37. The van der Waals surface area contributed by atoms with Gasteiger partial charge in [0, 0.05) is 35.8 Å². The van der Waals surface area contributed by atoms with Crippen molar-refractivity contribution >= 4 is 27.4 Å². The number of quaternary nitrogens is 1. The zero-order chi connectivity index (χ0) is 21.9. The van der Waals surface area contributed by atoms with Gasteiger partial charge in [0.25, 0.3) is 10.0 Å². The molecule has 2 aromatic carbocycles. The Morgan fingerprint density at radius 2 is 1.81 bits per heavy atom. The van der Waals surface area contributed by atoms with Crippen molar-refractivity contribution in [3.05, 3.63) is 59.1 Å². The number of halogens is 1. The number of Topliss-reactive ketones (excluding diaryl/α,β-unsaturated/α-hetero) is 1. The van der Waals surface area contributed by atoms with E-state index in [-0.39, 0.29) is 16.6 Å². The van der Waals surface area contributed by atoms with Gasteiger partial charge in [-0.3, -0.25) is 4.79 Å². The first-order valence-corrected chi connectivity index (χ1v) is 12.7. The lowest BCUT2D eigenvalue weighted by molar-refractivity contribution is -0.945. The van der Waals surface area contributed by atoms with Crippen LogP contribution in [0.3, 0.4) is 0 Å². The molecule has 1 saturated carbocycles. The Balaban J connectivity index is 1.32. The van der Waals surface area contributed by atoms with Gasteiger partial charge in [0.2, 0.25) is 0 Å². The quantitative estimate of drug-likeness (QED) is 0.325. The third kappa shape index (κ3) is 5.66. The molecular weight excluding hydrogens is 436 g/mol. The number of rotatable bonds is 10. The summed E-state index contributed by atoms with van der Waals surface area (Å²) in [5.41, 5.74) is 0.742. The Hall–Kier alpha value is -1.93. The van der Waals surface area contributed by atoms with E-state index in [1.807, 2.05) is 24.3 Å². The van der Waals surface area contributed by atoms with Crippen LogP contribution in [0, 0.1) is 5.92 Å². The first-order chi connectivity index (χ1) is 14.9. The van der Waals surface area contributed by atoms with E-state index in [1.165, 1.54) is 6.07 Å². The van der Waals surface area contributed by atoms with Gasteiger partial charge in [-0.25, -0.2) is 13.0 Å². The maximum Gasteiger partial charge on any atom is 0.282 e. The van der Waals surface area contributed by atoms with Crippen LogP contribution in [0.2, 0.25) is 5.02 Å². The van der Waals surface area contributed by atoms with Crippen molar-refractivity contribution in [2.75, 3.05) is 26.2 Å². The van der Waals surface area contributed by atoms with Crippen molar-refractivity contribution in [2.45, 2.75) is 37.0 Å². The number of hydrogen-bond acceptors (Lipinski definition) is 4. The Morgan fingerprint density at radius 1 is 1.10 bits per heavy atom. The fourth-order valence-electron chi connectivity index (χ4n) is 4.10. The van der Waals surface area contributed by atoms with Gasteiger partial charge in [-0.15, -0.1) is 0 Å². The molecule has 0 aromatic heterocycles. The molecule has 1 saturated heterocycles. The van der Waals surface area contributed by atoms with Crippen molar-refractivity contribution in [1.29, 1.82) is 0 Å². The number of ketones is 1. The second kappa shape index (κ2) is 9.28. The maximum atomic E-state index is 12.9. The number of benzene rings is 2. The van der Waals surface area contributed by atoms with Crippen LogP contribution in [-0.2, 0) is 10.0 Å². The van der Waals surface area contributed by atoms with E-state index in [9.17, 15) is 13.2 Å². The number of nitrogens with zero attached hydrogens (tertiary/aromatic N) is 1. The van der Waals surface area contributed by atoms with Gasteiger partial charge in [0.1, 0.15) is 12.3 Å². The number of ether oxygens (including phenoxy) is 1. The van der Waals surface area contributed by atoms with Crippen molar-refractivity contribution in [2.24, 2.45) is 5.92 Å². The summed E-state index contributed by atoms with van der Waals surface area (Å²) >= 11 is 5.98. The molecule has 0 amide bonds. The van der Waals surface area contributed by atoms with E-state index in [2.05, 4.69) is 4.83 Å². The van der Waals surface area contributed by atoms with Crippen LogP contribution in [0.1, 0.15) is 42.5 Å². The summed E-state index contributed by atoms with van der Waals surface area (Å²) in [4.78, 5) is 15.2. The van der Waals surface area contributed by atoms with Crippen molar-refractivity contribution < 1.29 is 22.5 Å². The van der Waals surface area contributed by atoms with E-state index >= 15 is 0 Å². The van der Waals surface area contributed by atoms with E-state index in [0.29, 0.717) is 29.2 Å². The second-order valence-electron chi connectivity index (χ2n) is 8.44. The van der Waals surface area contributed by atoms with E-state index in [4.69, 9.17) is 16.3 Å². The van der Waals surface area contributed by atoms with Crippen LogP contribution in [-0.4, -0.2) is 45.0 Å². The lowest BCUT2D eigenvalue weighted by Crippen LogP contribution is -2.58. The van der Waals surface area contributed by atoms with Crippen LogP contribution >= 0.6 is 11.6 Å². The first kappa shape index (κ1) is 22.3. The molecule has 0 radical (unpaired) electrons. The highest BCUT2D eigenvalue weighted by Crippen LogP contribution is 2.33. The monoisotopic (exact) mass is 463 g/mol. The Morgan fingerprint density at radius 3 is 2.45 bits per heavy atom. The second-order valence-corrected chi connectivity index (χ2v) is 10.5. The summed E-state index contributed by atoms with van der Waals surface area (Å²) in [5.74, 6) is 1.15. The van der Waals surface area contributed by atoms with Crippen LogP contribution in [0.25, 0.3) is 0 Å². The van der Waals surface area contributed by atoms with Crippen LogP contribution in [0.5, 0.6) is 5.75 Å². The molecular formula is C23H28ClN2O4S+. The molecule has 4 rings (SSSR count). The SMILES string of the molecule is O=C(c1ccc(OCCC[N+]2(NS(=O)(=O)c3cccc(Cl)c3)CCCC2)cc1)C1CC1. The number of carbonyl (C=O) groups is 1. The molecule has 0 spiro atoms. The van der Waals surface area contributed by atoms with Gasteiger partial charge in [0.15, 0.2) is 5.78 Å². The average Bonchev–Trinajstić information content (AvgIpc) is 3.51. The van der Waals surface area contributed by atoms with Crippen LogP contribution in [0.4, 0.5) is 0 Å². The predicted molar refractivity (Wildman–Crippen MR) is 119 cm³/mol. The smallest absolute Gasteiger partial charge is 0.282 e. The molecule has 8 heteroatoms. The molecule has 0 atom stereocenters. The van der Waals surface area contributed by atoms with Gasteiger partial charge in [0.05, 0.1) is 24.6 Å². The number of hydrogen-bond donors (Lipinski definition) is 1. The van der Waals surface area contributed by atoms with Crippen molar-refractivity contribution in [1.82, 2.24) is 4.83 Å². The zero-order valence-electron chi connectivity index (χ0n) is 17.4. The topological polar surface area (TPSA) is 72.5 Å². The molecule has 2 aliphatic rings. The number of likely N-dealkylation sites (tertiary alicyclic amines) is 1. The molecule has 6 nitrogen and oxygen atoms in total. The molecule has 2 aromatic rings. The number of carbonyl (C=O) groups excluding carboxylic acids is 1. The molecule has 0 bridgehead atoms. The Kier molecular flexibility index (Phi) is 6.67. The van der Waals surface area contributed by atoms with Gasteiger partial charge in [-0.1, -0.05) is 22.5 Å². The first-order valence-electron chi connectivity index (χ1n) is 10.8. The van der Waals surface area contributed by atoms with Crippen molar-refractivity contribution in [3.63, 3.8) is 0 Å². The summed E-state index contributed by atoms with van der Waals surface area (Å²) in [6, 6.07) is 13.6. The standard InChI is InChI=1S/C23H28ClN2O4S/c24-20-5-3-6-22(17-20)31(28,29)25-26(13-1-2-14-26)15-4-16-30-21-11-9-19(10-12-21)23(27)18-7-8-18/h3,5-6,9-12,17-18,25H,1-2,4,7-8,13-16H2/q+1. The third-order valence-corrected chi connectivity index (χ3v) is 7.67. The molecule has 1 heterocycles. The summed E-state index contributed by atoms with van der Waals surface area (Å²) < 4.78 is 32.0. The minimum Gasteiger partial charge on any atom is -0.493 e. The molecule has 1 aliphatic carbocycles. The minimum atomic E-state index is -3.66. The molecule has 0 unspecified atom stereocenters. The van der Waals surface area contributed by atoms with E-state index < -0.39 is 10.0 Å². The third-order valence-electron chi connectivity index (χ3n) is 5.93. The largest absolute Gasteiger partial charge is 0.493 e. The minimum absolute atomic E-state index is 0.182. The van der Waals surface area contributed by atoms with Gasteiger partial charge in [-0.05, 0) is 55.3 Å². The summed E-state index contributed by atoms with van der Waals surface area (Å²) in [6.07, 6.45) is 4.67. The number of sulfonamides is 1. The van der Waals surface area contributed by atoms with E-state index in [1.54, 1.807) is 18.2 Å². The molecule has 166 valence electrons. The summed E-state index contributed by atoms with van der Waals surface area (Å²) in [6.45, 7) is 2.66. The molecule has 2 fully saturated rings. The molecule has 1 N–H and O–H groups in total. The average molecular weight is 464 g/mol. The lowest BCUT2D eigenvalue weighted by Gasteiger charge is -2.33. The zero-order valence-corrected chi connectivity index (χ0v) is 19.0. The Labute approximate surface area is 188 Å². The summed E-state index contributed by atoms with van der Waals surface area (Å²) in [5, 5.41) is 0.397. The normalized spacial score (nSPS) is 18.1. The van der Waals surface area contributed by atoms with Crippen LogP contribution in [0.15, 0.2) is 53.4 Å². The fourth-order valence-corrected chi connectivity index (χ4v) is 5.78. The number of nitrogens with one attached hydrogen (secondary N) is 1. The molecule has 31 heavy (non-hydrogen) atoms. The van der Waals surface area contributed by atoms with E-state index in [0.717, 1.165) is 50.1 Å². The van der Waals surface area contributed by atoms with Gasteiger partial charge in [-0.2, -0.15) is 0 Å². The van der Waals surface area contributed by atoms with Gasteiger partial charge >= 0.3 is 0 Å². The lowest BCUT2D eigenvalue weighted by atomic mass is 10.1. The predicted octanol–water partition coefficient (Wildman–Crippen LogP) is 4.21.